The monoisotopic (exact) mass is 530 g/mol. The van der Waals surface area contributed by atoms with E-state index in [-0.39, 0.29) is 40.4 Å². The van der Waals surface area contributed by atoms with Crippen molar-refractivity contribution in [2.75, 3.05) is 23.7 Å². The van der Waals surface area contributed by atoms with Gasteiger partial charge in [0.2, 0.25) is 5.91 Å². The van der Waals surface area contributed by atoms with Crippen LogP contribution in [0.1, 0.15) is 43.0 Å². The number of aromatic nitrogens is 3. The summed E-state index contributed by atoms with van der Waals surface area (Å²) in [6, 6.07) is 4.16. The lowest BCUT2D eigenvalue weighted by molar-refractivity contribution is -0.137. The Bertz CT molecular complexity index is 1520. The Morgan fingerprint density at radius 2 is 1.89 bits per heavy atom. The number of nitrogens with one attached hydrogen (secondary N) is 2. The first kappa shape index (κ1) is 26.6. The summed E-state index contributed by atoms with van der Waals surface area (Å²) in [5, 5.41) is 15.3. The largest absolute Gasteiger partial charge is 0.465 e. The van der Waals surface area contributed by atoms with Crippen molar-refractivity contribution in [1.82, 2.24) is 19.4 Å². The first-order valence-corrected chi connectivity index (χ1v) is 11.6. The van der Waals surface area contributed by atoms with Crippen LogP contribution in [-0.2, 0) is 18.0 Å². The van der Waals surface area contributed by atoms with Crippen molar-refractivity contribution in [3.8, 4) is 0 Å². The number of hydrogen-bond donors (Lipinski definition) is 3. The fourth-order valence-corrected chi connectivity index (χ4v) is 4.35. The van der Waals surface area contributed by atoms with E-state index in [4.69, 9.17) is 0 Å². The Balaban J connectivity index is 1.76. The summed E-state index contributed by atoms with van der Waals surface area (Å²) < 4.78 is 41.9. The van der Waals surface area contributed by atoms with Gasteiger partial charge in [-0.05, 0) is 48.7 Å². The summed E-state index contributed by atoms with van der Waals surface area (Å²) in [7, 11) is 1.53. The molecule has 0 saturated heterocycles. The number of carbonyl (C=O) groups is 2. The Hall–Kier alpha value is -4.42. The lowest BCUT2D eigenvalue weighted by Crippen LogP contribution is -2.35. The van der Waals surface area contributed by atoms with E-state index < -0.39 is 29.8 Å². The summed E-state index contributed by atoms with van der Waals surface area (Å²) in [6.45, 7) is 3.20. The van der Waals surface area contributed by atoms with Crippen molar-refractivity contribution >= 4 is 40.1 Å². The number of anilines is 2. The van der Waals surface area contributed by atoms with Crippen molar-refractivity contribution < 1.29 is 27.9 Å². The van der Waals surface area contributed by atoms with Gasteiger partial charge in [0.1, 0.15) is 17.8 Å². The van der Waals surface area contributed by atoms with Crippen LogP contribution >= 0.6 is 0 Å². The van der Waals surface area contributed by atoms with Crippen LogP contribution in [-0.4, -0.2) is 49.6 Å². The highest BCUT2D eigenvalue weighted by molar-refractivity contribution is 5.90. The third kappa shape index (κ3) is 5.45. The van der Waals surface area contributed by atoms with E-state index in [2.05, 4.69) is 20.6 Å². The van der Waals surface area contributed by atoms with E-state index in [0.717, 1.165) is 12.1 Å². The second-order valence-corrected chi connectivity index (χ2v) is 8.99. The van der Waals surface area contributed by atoms with Crippen LogP contribution in [0.15, 0.2) is 41.5 Å². The van der Waals surface area contributed by atoms with E-state index in [1.54, 1.807) is 13.0 Å². The average molecular weight is 531 g/mol. The summed E-state index contributed by atoms with van der Waals surface area (Å²) in [5.41, 5.74) is 0.0690. The number of fused-ring (bicyclic) bond motifs is 1. The number of halogens is 3. The molecule has 0 aliphatic carbocycles. The molecule has 1 aliphatic rings. The molecule has 2 amide bonds. The molecule has 0 spiro atoms. The number of carbonyl (C=O) groups excluding carboxylic acids is 1. The van der Waals surface area contributed by atoms with E-state index in [1.165, 1.54) is 35.8 Å². The number of alkyl halides is 3. The third-order valence-electron chi connectivity index (χ3n) is 6.23. The number of hydrogen-bond acceptors (Lipinski definition) is 6. The van der Waals surface area contributed by atoms with Gasteiger partial charge in [0.15, 0.2) is 0 Å². The number of pyridine rings is 1. The zero-order valence-electron chi connectivity index (χ0n) is 20.8. The molecule has 10 nitrogen and oxygen atoms in total. The van der Waals surface area contributed by atoms with Crippen molar-refractivity contribution in [3.63, 3.8) is 0 Å². The average Bonchev–Trinajstić information content (AvgIpc) is 2.85. The van der Waals surface area contributed by atoms with E-state index in [0.29, 0.717) is 23.9 Å². The number of benzene rings is 1. The van der Waals surface area contributed by atoms with E-state index in [9.17, 15) is 32.7 Å². The molecule has 0 radical (unpaired) electrons. The molecule has 1 aromatic carbocycles. The molecule has 0 bridgehead atoms. The summed E-state index contributed by atoms with van der Waals surface area (Å²) >= 11 is 0. The normalized spacial score (nSPS) is 14.7. The first-order chi connectivity index (χ1) is 17.8. The Morgan fingerprint density at radius 3 is 2.55 bits per heavy atom. The Kier molecular flexibility index (Phi) is 7.11. The molecule has 200 valence electrons. The van der Waals surface area contributed by atoms with Gasteiger partial charge in [-0.15, -0.1) is 0 Å². The lowest BCUT2D eigenvalue weighted by atomic mass is 10.0. The van der Waals surface area contributed by atoms with Gasteiger partial charge >= 0.3 is 12.3 Å². The maximum atomic E-state index is 13.5. The highest BCUT2D eigenvalue weighted by atomic mass is 19.4. The maximum Gasteiger partial charge on any atom is 0.416 e. The van der Waals surface area contributed by atoms with Crippen molar-refractivity contribution in [2.24, 2.45) is 7.05 Å². The number of nitrogens with zero attached hydrogens (tertiary/aromatic N) is 4. The van der Waals surface area contributed by atoms with E-state index >= 15 is 0 Å². The smallest absolute Gasteiger partial charge is 0.416 e. The number of amides is 2. The Morgan fingerprint density at radius 1 is 1.16 bits per heavy atom. The highest BCUT2D eigenvalue weighted by Gasteiger charge is 2.32. The SMILES string of the molecule is CC(=O)Nc1cc(C(C)Nc2ncnc3c2cc(C2=CCCN(C(=O)O)C2)c(=O)n3C)cc(C(F)(F)F)c1. The zero-order chi connectivity index (χ0) is 27.8. The second kappa shape index (κ2) is 10.1. The van der Waals surface area contributed by atoms with Crippen LogP contribution in [0.25, 0.3) is 16.6 Å². The molecule has 3 heterocycles. The molecule has 3 N–H and O–H groups in total. The molecule has 2 aromatic heterocycles. The fraction of sp³-hybridized carbons (Fsp3) is 0.320. The molecular formula is C25H25F3N6O4. The van der Waals surface area contributed by atoms with Crippen LogP contribution in [0.3, 0.4) is 0 Å². The van der Waals surface area contributed by atoms with Crippen LogP contribution in [0, 0.1) is 0 Å². The molecule has 4 rings (SSSR count). The number of carboxylic acid groups (broad SMARTS) is 1. The van der Waals surface area contributed by atoms with Gasteiger partial charge in [0, 0.05) is 38.3 Å². The molecule has 3 aromatic rings. The zero-order valence-corrected chi connectivity index (χ0v) is 20.8. The predicted octanol–water partition coefficient (Wildman–Crippen LogP) is 4.25. The molecule has 1 unspecified atom stereocenters. The highest BCUT2D eigenvalue weighted by Crippen LogP contribution is 2.34. The first-order valence-electron chi connectivity index (χ1n) is 11.6. The maximum absolute atomic E-state index is 13.5. The standard InChI is InChI=1S/C25H25F3N6O4/c1-13(16-7-17(25(26,27)28)9-18(8-16)32-14(2)35)31-21-20-10-19(15-5-4-6-34(11-15)24(37)38)23(36)33(3)22(20)30-12-29-21/h5,7-10,12-13H,4,6,11H2,1-3H3,(H,32,35)(H,37,38)(H,29,30,31). The minimum absolute atomic E-state index is 0.000392. The molecule has 13 heteroatoms. The molecule has 1 aliphatic heterocycles. The van der Waals surface area contributed by atoms with Gasteiger partial charge in [-0.1, -0.05) is 6.08 Å². The van der Waals surface area contributed by atoms with E-state index in [1.807, 2.05) is 6.08 Å². The summed E-state index contributed by atoms with van der Waals surface area (Å²) in [5.74, 6) is -0.242. The van der Waals surface area contributed by atoms with Gasteiger partial charge in [-0.3, -0.25) is 14.2 Å². The van der Waals surface area contributed by atoms with Gasteiger partial charge in [0.05, 0.1) is 17.0 Å². The molecule has 0 fully saturated rings. The fourth-order valence-electron chi connectivity index (χ4n) is 4.35. The Labute approximate surface area is 214 Å². The minimum Gasteiger partial charge on any atom is -0.465 e. The van der Waals surface area contributed by atoms with Crippen LogP contribution in [0.5, 0.6) is 0 Å². The second-order valence-electron chi connectivity index (χ2n) is 8.99. The van der Waals surface area contributed by atoms with Crippen molar-refractivity contribution in [1.29, 1.82) is 0 Å². The van der Waals surface area contributed by atoms with Gasteiger partial charge in [-0.25, -0.2) is 14.8 Å². The topological polar surface area (TPSA) is 129 Å². The van der Waals surface area contributed by atoms with Gasteiger partial charge < -0.3 is 20.6 Å². The summed E-state index contributed by atoms with van der Waals surface area (Å²) in [6.07, 6.45) is -2.23. The van der Waals surface area contributed by atoms with Crippen molar-refractivity contribution in [3.05, 3.63) is 63.7 Å². The van der Waals surface area contributed by atoms with Gasteiger partial charge in [0.25, 0.3) is 5.56 Å². The molecule has 0 saturated carbocycles. The van der Waals surface area contributed by atoms with Crippen LogP contribution in [0.2, 0.25) is 0 Å². The van der Waals surface area contributed by atoms with Crippen LogP contribution in [0.4, 0.5) is 29.5 Å². The number of rotatable bonds is 5. The predicted molar refractivity (Wildman–Crippen MR) is 135 cm³/mol. The minimum atomic E-state index is -4.63. The molecule has 1 atom stereocenters. The molecule has 38 heavy (non-hydrogen) atoms. The lowest BCUT2D eigenvalue weighted by Gasteiger charge is -2.25. The quantitative estimate of drug-likeness (QED) is 0.450. The number of aryl methyl sites for hydroxylation is 1. The van der Waals surface area contributed by atoms with Crippen LogP contribution < -0.4 is 16.2 Å². The summed E-state index contributed by atoms with van der Waals surface area (Å²) in [4.78, 5) is 45.7. The van der Waals surface area contributed by atoms with Crippen molar-refractivity contribution in [2.45, 2.75) is 32.5 Å². The molecular weight excluding hydrogens is 505 g/mol. The van der Waals surface area contributed by atoms with Gasteiger partial charge in [-0.2, -0.15) is 13.2 Å². The third-order valence-corrected chi connectivity index (χ3v) is 6.23.